The number of amides is 4. The second kappa shape index (κ2) is 6.02. The van der Waals surface area contributed by atoms with Crippen LogP contribution in [0.25, 0.3) is 0 Å². The van der Waals surface area contributed by atoms with Crippen molar-refractivity contribution in [2.45, 2.75) is 40.2 Å². The number of fused-ring (bicyclic) bond motifs is 1. The summed E-state index contributed by atoms with van der Waals surface area (Å²) in [5.74, 6) is -0.379. The van der Waals surface area contributed by atoms with Gasteiger partial charge in [-0.3, -0.25) is 14.5 Å². The molecule has 0 aromatic heterocycles. The Morgan fingerprint density at radius 1 is 1.13 bits per heavy atom. The summed E-state index contributed by atoms with van der Waals surface area (Å²) in [4.78, 5) is 37.8. The van der Waals surface area contributed by atoms with E-state index in [0.29, 0.717) is 23.4 Å². The second-order valence-corrected chi connectivity index (χ2v) is 7.20. The molecule has 6 nitrogen and oxygen atoms in total. The third-order valence-corrected chi connectivity index (χ3v) is 3.26. The van der Waals surface area contributed by atoms with E-state index in [1.807, 2.05) is 34.6 Å². The van der Waals surface area contributed by atoms with Gasteiger partial charge in [0.1, 0.15) is 0 Å². The number of hydrogen-bond acceptors (Lipinski definition) is 3. The molecular weight excluding hydrogens is 294 g/mol. The minimum absolute atomic E-state index is 0.201. The van der Waals surface area contributed by atoms with Gasteiger partial charge in [0.2, 0.25) is 0 Å². The quantitative estimate of drug-likeness (QED) is 0.841. The van der Waals surface area contributed by atoms with Crippen LogP contribution in [0.4, 0.5) is 10.5 Å². The summed E-state index contributed by atoms with van der Waals surface area (Å²) >= 11 is 0. The smallest absolute Gasteiger partial charge is 0.319 e. The average molecular weight is 317 g/mol. The summed E-state index contributed by atoms with van der Waals surface area (Å²) in [6.07, 6.45) is 0. The second-order valence-electron chi connectivity index (χ2n) is 7.20. The maximum absolute atomic E-state index is 12.4. The molecule has 0 radical (unpaired) electrons. The summed E-state index contributed by atoms with van der Waals surface area (Å²) in [5.41, 5.74) is 0.848. The van der Waals surface area contributed by atoms with Crippen LogP contribution in [0.2, 0.25) is 0 Å². The van der Waals surface area contributed by atoms with Crippen molar-refractivity contribution in [2.75, 3.05) is 11.9 Å². The maximum Gasteiger partial charge on any atom is 0.319 e. The highest BCUT2D eigenvalue weighted by Crippen LogP contribution is 2.26. The van der Waals surface area contributed by atoms with Crippen molar-refractivity contribution in [1.29, 1.82) is 0 Å². The molecule has 0 spiro atoms. The number of nitrogens with zero attached hydrogens (tertiary/aromatic N) is 1. The summed E-state index contributed by atoms with van der Waals surface area (Å²) in [7, 11) is 0. The van der Waals surface area contributed by atoms with Gasteiger partial charge in [-0.2, -0.15) is 0 Å². The predicted molar refractivity (Wildman–Crippen MR) is 88.6 cm³/mol. The fraction of sp³-hybridized carbons (Fsp3) is 0.471. The van der Waals surface area contributed by atoms with Crippen molar-refractivity contribution in [2.24, 2.45) is 5.92 Å². The molecule has 1 heterocycles. The van der Waals surface area contributed by atoms with Crippen LogP contribution in [0.3, 0.4) is 0 Å². The minimum atomic E-state index is -0.360. The van der Waals surface area contributed by atoms with Gasteiger partial charge in [0, 0.05) is 17.8 Å². The van der Waals surface area contributed by atoms with Crippen LogP contribution in [-0.2, 0) is 0 Å². The summed E-state index contributed by atoms with van der Waals surface area (Å²) < 4.78 is 0. The Morgan fingerprint density at radius 3 is 2.30 bits per heavy atom. The molecule has 0 aliphatic carbocycles. The van der Waals surface area contributed by atoms with Crippen molar-refractivity contribution in [1.82, 2.24) is 10.2 Å². The first-order valence-corrected chi connectivity index (χ1v) is 7.68. The summed E-state index contributed by atoms with van der Waals surface area (Å²) in [6, 6.07) is 4.42. The van der Waals surface area contributed by atoms with Crippen LogP contribution in [0, 0.1) is 5.92 Å². The molecule has 4 amide bonds. The molecule has 2 rings (SSSR count). The number of carbonyl (C=O) groups excluding carboxylic acids is 3. The first kappa shape index (κ1) is 17.0. The molecule has 124 valence electrons. The van der Waals surface area contributed by atoms with E-state index in [1.165, 1.54) is 4.90 Å². The number of nitrogens with one attached hydrogen (secondary N) is 2. The molecule has 0 saturated heterocycles. The lowest BCUT2D eigenvalue weighted by atomic mass is 10.1. The average Bonchev–Trinajstić information content (AvgIpc) is 2.61. The van der Waals surface area contributed by atoms with Gasteiger partial charge in [-0.1, -0.05) is 13.8 Å². The molecule has 23 heavy (non-hydrogen) atoms. The lowest BCUT2D eigenvalue weighted by molar-refractivity contribution is 0.0636. The van der Waals surface area contributed by atoms with Gasteiger partial charge in [-0.15, -0.1) is 0 Å². The Morgan fingerprint density at radius 2 is 1.74 bits per heavy atom. The molecule has 1 aromatic carbocycles. The third kappa shape index (κ3) is 3.88. The van der Waals surface area contributed by atoms with Gasteiger partial charge >= 0.3 is 6.03 Å². The number of hydrogen-bond donors (Lipinski definition) is 2. The minimum Gasteiger partial charge on any atom is -0.333 e. The summed E-state index contributed by atoms with van der Waals surface area (Å²) in [6.45, 7) is 9.92. The zero-order valence-electron chi connectivity index (χ0n) is 14.2. The Bertz CT molecular complexity index is 660. The zero-order chi connectivity index (χ0) is 17.4. The van der Waals surface area contributed by atoms with Crippen molar-refractivity contribution in [3.63, 3.8) is 0 Å². The van der Waals surface area contributed by atoms with Crippen molar-refractivity contribution < 1.29 is 14.4 Å². The lowest BCUT2D eigenvalue weighted by Gasteiger charge is -2.20. The first-order chi connectivity index (χ1) is 10.6. The zero-order valence-corrected chi connectivity index (χ0v) is 14.2. The number of carbonyl (C=O) groups is 3. The largest absolute Gasteiger partial charge is 0.333 e. The Balaban J connectivity index is 2.19. The highest BCUT2D eigenvalue weighted by atomic mass is 16.2. The van der Waals surface area contributed by atoms with E-state index in [0.717, 1.165) is 0 Å². The van der Waals surface area contributed by atoms with E-state index in [2.05, 4.69) is 10.6 Å². The first-order valence-electron chi connectivity index (χ1n) is 7.68. The number of benzene rings is 1. The van der Waals surface area contributed by atoms with Gasteiger partial charge in [0.25, 0.3) is 11.8 Å². The highest BCUT2D eigenvalue weighted by molar-refractivity contribution is 6.21. The lowest BCUT2D eigenvalue weighted by Crippen LogP contribution is -2.43. The van der Waals surface area contributed by atoms with Gasteiger partial charge in [0.15, 0.2) is 0 Å². The SMILES string of the molecule is CC(C)CN1C(=O)c2ccc(NC(=O)NC(C)(C)C)cc2C1=O. The normalized spacial score (nSPS) is 14.3. The van der Waals surface area contributed by atoms with E-state index >= 15 is 0 Å². The number of imide groups is 1. The number of rotatable bonds is 3. The van der Waals surface area contributed by atoms with Crippen LogP contribution in [0.15, 0.2) is 18.2 Å². The fourth-order valence-corrected chi connectivity index (χ4v) is 2.40. The summed E-state index contributed by atoms with van der Waals surface area (Å²) in [5, 5.41) is 5.46. The van der Waals surface area contributed by atoms with Gasteiger partial charge in [0.05, 0.1) is 11.1 Å². The Kier molecular flexibility index (Phi) is 4.45. The van der Waals surface area contributed by atoms with Crippen LogP contribution in [0.5, 0.6) is 0 Å². The van der Waals surface area contributed by atoms with Crippen LogP contribution in [0.1, 0.15) is 55.3 Å². The number of urea groups is 1. The molecule has 1 aromatic rings. The Hall–Kier alpha value is -2.37. The molecule has 0 bridgehead atoms. The van der Waals surface area contributed by atoms with Crippen LogP contribution in [-0.4, -0.2) is 34.8 Å². The molecule has 0 atom stereocenters. The topological polar surface area (TPSA) is 78.5 Å². The molecular formula is C17H23N3O3. The van der Waals surface area contributed by atoms with E-state index in [-0.39, 0.29) is 29.3 Å². The fourth-order valence-electron chi connectivity index (χ4n) is 2.40. The maximum atomic E-state index is 12.4. The van der Waals surface area contributed by atoms with Crippen LogP contribution < -0.4 is 10.6 Å². The highest BCUT2D eigenvalue weighted by Gasteiger charge is 2.35. The van der Waals surface area contributed by atoms with Crippen molar-refractivity contribution >= 4 is 23.5 Å². The van der Waals surface area contributed by atoms with E-state index in [1.54, 1.807) is 18.2 Å². The van der Waals surface area contributed by atoms with E-state index in [4.69, 9.17) is 0 Å². The van der Waals surface area contributed by atoms with Gasteiger partial charge < -0.3 is 10.6 Å². The number of anilines is 1. The molecule has 6 heteroatoms. The third-order valence-electron chi connectivity index (χ3n) is 3.26. The van der Waals surface area contributed by atoms with Crippen LogP contribution >= 0.6 is 0 Å². The van der Waals surface area contributed by atoms with E-state index in [9.17, 15) is 14.4 Å². The van der Waals surface area contributed by atoms with E-state index < -0.39 is 0 Å². The van der Waals surface area contributed by atoms with Gasteiger partial charge in [-0.25, -0.2) is 4.79 Å². The molecule has 0 unspecified atom stereocenters. The Labute approximate surface area is 136 Å². The van der Waals surface area contributed by atoms with Gasteiger partial charge in [-0.05, 0) is 44.9 Å². The molecule has 1 aliphatic rings. The molecule has 1 aliphatic heterocycles. The monoisotopic (exact) mass is 317 g/mol. The predicted octanol–water partition coefficient (Wildman–Crippen LogP) is 2.86. The molecule has 2 N–H and O–H groups in total. The van der Waals surface area contributed by atoms with Crippen molar-refractivity contribution in [3.05, 3.63) is 29.3 Å². The molecule has 0 fully saturated rings. The standard InChI is InChI=1S/C17H23N3O3/c1-10(2)9-20-14(21)12-7-6-11(8-13(12)15(20)22)18-16(23)19-17(3,4)5/h6-8,10H,9H2,1-5H3,(H2,18,19,23). The molecule has 0 saturated carbocycles. The van der Waals surface area contributed by atoms with Crippen molar-refractivity contribution in [3.8, 4) is 0 Å².